The predicted molar refractivity (Wildman–Crippen MR) is 113 cm³/mol. The van der Waals surface area contributed by atoms with Crippen LogP contribution in [-0.4, -0.2) is 34.2 Å². The molecule has 0 spiro atoms. The van der Waals surface area contributed by atoms with Crippen molar-refractivity contribution >= 4 is 49.7 Å². The van der Waals surface area contributed by atoms with Crippen molar-refractivity contribution in [1.82, 2.24) is 0 Å². The number of fused-ring (bicyclic) bond motifs is 1. The molecule has 0 saturated carbocycles. The van der Waals surface area contributed by atoms with Gasteiger partial charge in [0.2, 0.25) is 15.9 Å². The summed E-state index contributed by atoms with van der Waals surface area (Å²) in [4.78, 5) is 12.6. The van der Waals surface area contributed by atoms with Gasteiger partial charge in [-0.25, -0.2) is 8.42 Å². The number of nitrogens with zero attached hydrogens (tertiary/aromatic N) is 1. The smallest absolute Gasteiger partial charge is 0.245 e. The lowest BCUT2D eigenvalue weighted by atomic mass is 10.1. The fourth-order valence-electron chi connectivity index (χ4n) is 2.87. The van der Waals surface area contributed by atoms with Crippen LogP contribution in [-0.2, 0) is 14.8 Å². The van der Waals surface area contributed by atoms with E-state index in [-0.39, 0.29) is 17.3 Å². The topological polar surface area (TPSA) is 75.7 Å². The summed E-state index contributed by atoms with van der Waals surface area (Å²) in [5, 5.41) is 4.89. The Balaban J connectivity index is 1.87. The second-order valence-electron chi connectivity index (χ2n) is 6.16. The first-order valence-corrected chi connectivity index (χ1v) is 10.6. The van der Waals surface area contributed by atoms with Gasteiger partial charge in [-0.05, 0) is 29.7 Å². The van der Waals surface area contributed by atoms with Crippen LogP contribution in [0.2, 0.25) is 5.02 Å². The van der Waals surface area contributed by atoms with Crippen LogP contribution in [0.3, 0.4) is 0 Å². The number of halogens is 1. The number of anilines is 2. The molecule has 0 fully saturated rings. The second-order valence-corrected chi connectivity index (χ2v) is 8.48. The van der Waals surface area contributed by atoms with Crippen LogP contribution >= 0.6 is 11.6 Å². The number of nitrogens with one attached hydrogen (secondary N) is 1. The molecule has 3 aromatic rings. The molecule has 146 valence electrons. The highest BCUT2D eigenvalue weighted by Gasteiger charge is 2.22. The zero-order valence-electron chi connectivity index (χ0n) is 15.3. The van der Waals surface area contributed by atoms with Gasteiger partial charge in [-0.2, -0.15) is 0 Å². The van der Waals surface area contributed by atoms with E-state index in [2.05, 4.69) is 5.32 Å². The van der Waals surface area contributed by atoms with E-state index >= 15 is 0 Å². The van der Waals surface area contributed by atoms with Gasteiger partial charge in [0, 0.05) is 11.1 Å². The minimum atomic E-state index is -3.71. The summed E-state index contributed by atoms with van der Waals surface area (Å²) in [5.74, 6) is -0.0483. The van der Waals surface area contributed by atoms with E-state index in [1.807, 2.05) is 36.4 Å². The Bertz CT molecular complexity index is 1130. The van der Waals surface area contributed by atoms with Crippen LogP contribution in [0.1, 0.15) is 0 Å². The number of methoxy groups -OCH3 is 1. The monoisotopic (exact) mass is 418 g/mol. The summed E-state index contributed by atoms with van der Waals surface area (Å²) in [6.45, 7) is -0.384. The standard InChI is InChI=1S/C20H19ClN2O4S/c1-27-19-11-10-15(12-17(19)21)23(28(2,25)26)13-20(24)22-18-9-5-7-14-6-3-4-8-16(14)18/h3-12H,13H2,1-2H3,(H,22,24). The Morgan fingerprint density at radius 1 is 1.11 bits per heavy atom. The van der Waals surface area contributed by atoms with E-state index in [9.17, 15) is 13.2 Å². The maximum absolute atomic E-state index is 12.6. The third-order valence-electron chi connectivity index (χ3n) is 4.17. The number of ether oxygens (including phenoxy) is 1. The number of amides is 1. The van der Waals surface area contributed by atoms with Gasteiger partial charge in [0.25, 0.3) is 0 Å². The first kappa shape index (κ1) is 20.0. The molecular weight excluding hydrogens is 400 g/mol. The molecule has 1 amide bonds. The van der Waals surface area contributed by atoms with Gasteiger partial charge >= 0.3 is 0 Å². The normalized spacial score (nSPS) is 11.2. The molecule has 0 aliphatic carbocycles. The van der Waals surface area contributed by atoms with E-state index in [1.54, 1.807) is 12.1 Å². The highest BCUT2D eigenvalue weighted by Crippen LogP contribution is 2.30. The van der Waals surface area contributed by atoms with Gasteiger partial charge < -0.3 is 10.1 Å². The molecular formula is C20H19ClN2O4S. The molecule has 28 heavy (non-hydrogen) atoms. The Kier molecular flexibility index (Phi) is 5.76. The SMILES string of the molecule is COc1ccc(N(CC(=O)Nc2cccc3ccccc23)S(C)(=O)=O)cc1Cl. The van der Waals surface area contributed by atoms with Crippen molar-refractivity contribution in [2.24, 2.45) is 0 Å². The summed E-state index contributed by atoms with van der Waals surface area (Å²) >= 11 is 6.11. The molecule has 3 aromatic carbocycles. The van der Waals surface area contributed by atoms with E-state index in [0.717, 1.165) is 21.3 Å². The van der Waals surface area contributed by atoms with Crippen molar-refractivity contribution in [2.75, 3.05) is 29.5 Å². The van der Waals surface area contributed by atoms with Crippen molar-refractivity contribution < 1.29 is 17.9 Å². The highest BCUT2D eigenvalue weighted by atomic mass is 35.5. The number of hydrogen-bond acceptors (Lipinski definition) is 4. The molecule has 0 saturated heterocycles. The maximum Gasteiger partial charge on any atom is 0.245 e. The third kappa shape index (κ3) is 4.37. The molecule has 1 N–H and O–H groups in total. The van der Waals surface area contributed by atoms with Gasteiger partial charge in [0.05, 0.1) is 24.1 Å². The largest absolute Gasteiger partial charge is 0.495 e. The summed E-state index contributed by atoms with van der Waals surface area (Å²) in [7, 11) is -2.25. The van der Waals surface area contributed by atoms with E-state index in [4.69, 9.17) is 16.3 Å². The molecule has 6 nitrogen and oxygen atoms in total. The number of sulfonamides is 1. The van der Waals surface area contributed by atoms with Crippen molar-refractivity contribution in [1.29, 1.82) is 0 Å². The van der Waals surface area contributed by atoms with Crippen LogP contribution in [0.4, 0.5) is 11.4 Å². The van der Waals surface area contributed by atoms with Crippen LogP contribution in [0.5, 0.6) is 5.75 Å². The lowest BCUT2D eigenvalue weighted by molar-refractivity contribution is -0.114. The lowest BCUT2D eigenvalue weighted by Crippen LogP contribution is -2.37. The predicted octanol–water partition coefficient (Wildman–Crippen LogP) is 3.91. The van der Waals surface area contributed by atoms with Gasteiger partial charge in [0.1, 0.15) is 12.3 Å². The molecule has 8 heteroatoms. The van der Waals surface area contributed by atoms with Crippen LogP contribution in [0.15, 0.2) is 60.7 Å². The lowest BCUT2D eigenvalue weighted by Gasteiger charge is -2.22. The number of benzene rings is 3. The van der Waals surface area contributed by atoms with E-state index in [0.29, 0.717) is 11.4 Å². The Labute approximate surface area is 168 Å². The fourth-order valence-corrected chi connectivity index (χ4v) is 3.97. The molecule has 0 bridgehead atoms. The number of carbonyl (C=O) groups is 1. The van der Waals surface area contributed by atoms with Crippen molar-refractivity contribution in [3.8, 4) is 5.75 Å². The average molecular weight is 419 g/mol. The van der Waals surface area contributed by atoms with Crippen LogP contribution in [0, 0.1) is 0 Å². The Morgan fingerprint density at radius 2 is 1.82 bits per heavy atom. The van der Waals surface area contributed by atoms with Crippen LogP contribution in [0.25, 0.3) is 10.8 Å². The minimum Gasteiger partial charge on any atom is -0.495 e. The fraction of sp³-hybridized carbons (Fsp3) is 0.150. The van der Waals surface area contributed by atoms with Gasteiger partial charge in [-0.3, -0.25) is 9.10 Å². The molecule has 0 atom stereocenters. The molecule has 0 unspecified atom stereocenters. The molecule has 0 aromatic heterocycles. The van der Waals surface area contributed by atoms with Crippen molar-refractivity contribution in [2.45, 2.75) is 0 Å². The van der Waals surface area contributed by atoms with Crippen LogP contribution < -0.4 is 14.4 Å². The Hall–Kier alpha value is -2.77. The van der Waals surface area contributed by atoms with Crippen molar-refractivity contribution in [3.05, 3.63) is 65.7 Å². The zero-order valence-corrected chi connectivity index (χ0v) is 16.9. The Morgan fingerprint density at radius 3 is 2.50 bits per heavy atom. The van der Waals surface area contributed by atoms with E-state index in [1.165, 1.54) is 19.2 Å². The number of rotatable bonds is 6. The molecule has 0 aliphatic rings. The average Bonchev–Trinajstić information content (AvgIpc) is 2.65. The van der Waals surface area contributed by atoms with Gasteiger partial charge in [0.15, 0.2) is 0 Å². The zero-order chi connectivity index (χ0) is 20.3. The van der Waals surface area contributed by atoms with Gasteiger partial charge in [-0.1, -0.05) is 48.0 Å². The van der Waals surface area contributed by atoms with Gasteiger partial charge in [-0.15, -0.1) is 0 Å². The number of carbonyl (C=O) groups excluding carboxylic acids is 1. The summed E-state index contributed by atoms with van der Waals surface area (Å²) in [5.41, 5.74) is 0.894. The summed E-state index contributed by atoms with van der Waals surface area (Å²) < 4.78 is 30.6. The highest BCUT2D eigenvalue weighted by molar-refractivity contribution is 7.92. The van der Waals surface area contributed by atoms with E-state index < -0.39 is 15.9 Å². The minimum absolute atomic E-state index is 0.253. The summed E-state index contributed by atoms with van der Waals surface area (Å²) in [6.07, 6.45) is 1.04. The first-order valence-electron chi connectivity index (χ1n) is 8.38. The second kappa shape index (κ2) is 8.08. The third-order valence-corrected chi connectivity index (χ3v) is 5.61. The molecule has 0 heterocycles. The first-order chi connectivity index (χ1) is 13.3. The molecule has 3 rings (SSSR count). The molecule has 0 radical (unpaired) electrons. The quantitative estimate of drug-likeness (QED) is 0.658. The summed E-state index contributed by atoms with van der Waals surface area (Å²) in [6, 6.07) is 17.7. The maximum atomic E-state index is 12.6. The van der Waals surface area contributed by atoms with Crippen molar-refractivity contribution in [3.63, 3.8) is 0 Å². The number of hydrogen-bond donors (Lipinski definition) is 1. The molecule has 0 aliphatic heterocycles.